The number of carbonyl (C=O) groups excluding carboxylic acids is 2. The number of benzene rings is 2. The number of rotatable bonds is 6. The minimum atomic E-state index is -0.277. The summed E-state index contributed by atoms with van der Waals surface area (Å²) in [6, 6.07) is 14.5. The molecular formula is C20H18ClN3O2S. The van der Waals surface area contributed by atoms with Crippen LogP contribution in [0.4, 0.5) is 10.8 Å². The molecule has 1 aromatic heterocycles. The SMILES string of the molecule is CCC(=O)Nc1cccc(C(=O)Nc2ncc(Cc3ccccc3Cl)s2)c1. The molecule has 0 unspecified atom stereocenters. The summed E-state index contributed by atoms with van der Waals surface area (Å²) in [4.78, 5) is 29.2. The lowest BCUT2D eigenvalue weighted by atomic mass is 10.1. The normalized spacial score (nSPS) is 10.4. The van der Waals surface area contributed by atoms with Crippen LogP contribution < -0.4 is 10.6 Å². The zero-order valence-corrected chi connectivity index (χ0v) is 16.2. The van der Waals surface area contributed by atoms with E-state index in [4.69, 9.17) is 11.6 Å². The van der Waals surface area contributed by atoms with Crippen molar-refractivity contribution in [3.63, 3.8) is 0 Å². The molecule has 2 amide bonds. The lowest BCUT2D eigenvalue weighted by Gasteiger charge is -2.06. The average molecular weight is 400 g/mol. The number of thiazole rings is 1. The van der Waals surface area contributed by atoms with Gasteiger partial charge in [0.2, 0.25) is 5.91 Å². The van der Waals surface area contributed by atoms with Crippen LogP contribution >= 0.6 is 22.9 Å². The van der Waals surface area contributed by atoms with Crippen LogP contribution in [0.15, 0.2) is 54.7 Å². The first-order valence-corrected chi connectivity index (χ1v) is 9.64. The zero-order chi connectivity index (χ0) is 19.2. The number of hydrogen-bond donors (Lipinski definition) is 2. The van der Waals surface area contributed by atoms with Gasteiger partial charge in [0, 0.05) is 40.2 Å². The van der Waals surface area contributed by atoms with Crippen molar-refractivity contribution in [3.05, 3.63) is 75.8 Å². The Morgan fingerprint density at radius 2 is 1.93 bits per heavy atom. The molecule has 0 aliphatic rings. The molecule has 1 heterocycles. The molecule has 0 aliphatic carbocycles. The highest BCUT2D eigenvalue weighted by Gasteiger charge is 2.11. The molecule has 0 atom stereocenters. The van der Waals surface area contributed by atoms with E-state index in [2.05, 4.69) is 15.6 Å². The number of nitrogens with zero attached hydrogens (tertiary/aromatic N) is 1. The predicted octanol–water partition coefficient (Wildman–Crippen LogP) is 4.99. The van der Waals surface area contributed by atoms with Gasteiger partial charge in [0.15, 0.2) is 5.13 Å². The Morgan fingerprint density at radius 1 is 1.11 bits per heavy atom. The van der Waals surface area contributed by atoms with Gasteiger partial charge in [0.05, 0.1) is 0 Å². The molecule has 0 fully saturated rings. The summed E-state index contributed by atoms with van der Waals surface area (Å²) in [6.45, 7) is 1.77. The molecule has 0 aliphatic heterocycles. The van der Waals surface area contributed by atoms with E-state index < -0.39 is 0 Å². The van der Waals surface area contributed by atoms with Crippen LogP contribution in [-0.2, 0) is 11.2 Å². The highest BCUT2D eigenvalue weighted by atomic mass is 35.5. The van der Waals surface area contributed by atoms with Crippen molar-refractivity contribution < 1.29 is 9.59 Å². The molecule has 0 saturated carbocycles. The zero-order valence-electron chi connectivity index (χ0n) is 14.7. The summed E-state index contributed by atoms with van der Waals surface area (Å²) >= 11 is 7.60. The third kappa shape index (κ3) is 5.15. The summed E-state index contributed by atoms with van der Waals surface area (Å²) < 4.78 is 0. The van der Waals surface area contributed by atoms with Crippen molar-refractivity contribution in [2.45, 2.75) is 19.8 Å². The number of anilines is 2. The van der Waals surface area contributed by atoms with E-state index in [1.807, 2.05) is 24.3 Å². The molecule has 0 bridgehead atoms. The Balaban J connectivity index is 1.67. The van der Waals surface area contributed by atoms with Crippen LogP contribution in [0, 0.1) is 0 Å². The summed E-state index contributed by atoms with van der Waals surface area (Å²) in [5.41, 5.74) is 2.06. The number of amides is 2. The van der Waals surface area contributed by atoms with E-state index in [1.54, 1.807) is 37.4 Å². The van der Waals surface area contributed by atoms with E-state index >= 15 is 0 Å². The Morgan fingerprint density at radius 3 is 2.70 bits per heavy atom. The fraction of sp³-hybridized carbons (Fsp3) is 0.150. The average Bonchev–Trinajstić information content (AvgIpc) is 3.10. The Kier molecular flexibility index (Phi) is 6.21. The molecule has 5 nitrogen and oxygen atoms in total. The third-order valence-electron chi connectivity index (χ3n) is 3.83. The molecule has 3 aromatic rings. The predicted molar refractivity (Wildman–Crippen MR) is 110 cm³/mol. The number of aromatic nitrogens is 1. The molecule has 27 heavy (non-hydrogen) atoms. The van der Waals surface area contributed by atoms with Crippen LogP contribution in [0.2, 0.25) is 5.02 Å². The molecule has 3 rings (SSSR count). The highest BCUT2D eigenvalue weighted by molar-refractivity contribution is 7.15. The highest BCUT2D eigenvalue weighted by Crippen LogP contribution is 2.25. The standard InChI is InChI=1S/C20H18ClN3O2S/c1-2-18(25)23-15-8-5-7-14(10-15)19(26)24-20-22-12-16(27-20)11-13-6-3-4-9-17(13)21/h3-10,12H,2,11H2,1H3,(H,23,25)(H,22,24,26). The van der Waals surface area contributed by atoms with Gasteiger partial charge >= 0.3 is 0 Å². The van der Waals surface area contributed by atoms with E-state index in [9.17, 15) is 9.59 Å². The van der Waals surface area contributed by atoms with Crippen molar-refractivity contribution in [3.8, 4) is 0 Å². The Labute approximate surface area is 166 Å². The molecule has 0 spiro atoms. The molecule has 2 N–H and O–H groups in total. The fourth-order valence-corrected chi connectivity index (χ4v) is 3.47. The van der Waals surface area contributed by atoms with Gasteiger partial charge in [-0.3, -0.25) is 14.9 Å². The van der Waals surface area contributed by atoms with Crippen molar-refractivity contribution >= 4 is 45.6 Å². The maximum absolute atomic E-state index is 12.5. The van der Waals surface area contributed by atoms with Gasteiger partial charge in [-0.2, -0.15) is 0 Å². The van der Waals surface area contributed by atoms with E-state index in [0.29, 0.717) is 34.2 Å². The van der Waals surface area contributed by atoms with Crippen LogP contribution in [0.3, 0.4) is 0 Å². The minimum Gasteiger partial charge on any atom is -0.326 e. The second kappa shape index (κ2) is 8.79. The number of halogens is 1. The summed E-state index contributed by atoms with van der Waals surface area (Å²) in [7, 11) is 0. The molecule has 0 radical (unpaired) electrons. The van der Waals surface area contributed by atoms with Gasteiger partial charge in [-0.05, 0) is 29.8 Å². The monoisotopic (exact) mass is 399 g/mol. The Hall–Kier alpha value is -2.70. The first-order valence-electron chi connectivity index (χ1n) is 8.44. The summed E-state index contributed by atoms with van der Waals surface area (Å²) in [5.74, 6) is -0.377. The van der Waals surface area contributed by atoms with Crippen molar-refractivity contribution in [1.82, 2.24) is 4.98 Å². The molecule has 2 aromatic carbocycles. The minimum absolute atomic E-state index is 0.100. The largest absolute Gasteiger partial charge is 0.326 e. The second-order valence-corrected chi connectivity index (χ2v) is 7.36. The van der Waals surface area contributed by atoms with Crippen LogP contribution in [0.1, 0.15) is 34.1 Å². The van der Waals surface area contributed by atoms with Gasteiger partial charge in [0.25, 0.3) is 5.91 Å². The number of carbonyl (C=O) groups is 2. The first kappa shape index (κ1) is 19.1. The quantitative estimate of drug-likeness (QED) is 0.613. The molecule has 138 valence electrons. The topological polar surface area (TPSA) is 71.1 Å². The maximum Gasteiger partial charge on any atom is 0.257 e. The van der Waals surface area contributed by atoms with Crippen LogP contribution in [0.5, 0.6) is 0 Å². The lowest BCUT2D eigenvalue weighted by molar-refractivity contribution is -0.115. The van der Waals surface area contributed by atoms with Gasteiger partial charge in [-0.15, -0.1) is 11.3 Å². The smallest absolute Gasteiger partial charge is 0.257 e. The van der Waals surface area contributed by atoms with Crippen LogP contribution in [0.25, 0.3) is 0 Å². The van der Waals surface area contributed by atoms with E-state index in [0.717, 1.165) is 10.4 Å². The number of nitrogens with one attached hydrogen (secondary N) is 2. The van der Waals surface area contributed by atoms with Gasteiger partial charge in [-0.25, -0.2) is 4.98 Å². The van der Waals surface area contributed by atoms with Crippen molar-refractivity contribution in [2.75, 3.05) is 10.6 Å². The van der Waals surface area contributed by atoms with Crippen molar-refractivity contribution in [1.29, 1.82) is 0 Å². The van der Waals surface area contributed by atoms with Crippen LogP contribution in [-0.4, -0.2) is 16.8 Å². The van der Waals surface area contributed by atoms with Gasteiger partial charge in [0.1, 0.15) is 0 Å². The first-order chi connectivity index (χ1) is 13.0. The van der Waals surface area contributed by atoms with E-state index in [-0.39, 0.29) is 11.8 Å². The maximum atomic E-state index is 12.5. The third-order valence-corrected chi connectivity index (χ3v) is 5.11. The molecular weight excluding hydrogens is 382 g/mol. The summed E-state index contributed by atoms with van der Waals surface area (Å²) in [6.07, 6.45) is 2.77. The second-order valence-electron chi connectivity index (χ2n) is 5.84. The molecule has 7 heteroatoms. The fourth-order valence-electron chi connectivity index (χ4n) is 2.43. The summed E-state index contributed by atoms with van der Waals surface area (Å²) in [5, 5.41) is 6.77. The van der Waals surface area contributed by atoms with Gasteiger partial charge in [-0.1, -0.05) is 42.8 Å². The lowest BCUT2D eigenvalue weighted by Crippen LogP contribution is -2.13. The number of hydrogen-bond acceptors (Lipinski definition) is 4. The van der Waals surface area contributed by atoms with Gasteiger partial charge < -0.3 is 5.32 Å². The Bertz CT molecular complexity index is 971. The molecule has 0 saturated heterocycles. The van der Waals surface area contributed by atoms with E-state index in [1.165, 1.54) is 11.3 Å². The van der Waals surface area contributed by atoms with Crippen molar-refractivity contribution in [2.24, 2.45) is 0 Å².